The zero-order valence-electron chi connectivity index (χ0n) is 16.1. The molecule has 0 bridgehead atoms. The van der Waals surface area contributed by atoms with E-state index in [0.717, 1.165) is 31.7 Å². The van der Waals surface area contributed by atoms with E-state index < -0.39 is 0 Å². The van der Waals surface area contributed by atoms with Gasteiger partial charge in [-0.1, -0.05) is 12.5 Å². The van der Waals surface area contributed by atoms with Crippen LogP contribution in [0.25, 0.3) is 0 Å². The summed E-state index contributed by atoms with van der Waals surface area (Å²) in [5.74, 6) is 2.60. The maximum Gasteiger partial charge on any atom is 0.328 e. The first-order valence-electron chi connectivity index (χ1n) is 10.9. The summed E-state index contributed by atoms with van der Waals surface area (Å²) in [6, 6.07) is 6.19. The maximum absolute atomic E-state index is 12.3. The zero-order chi connectivity index (χ0) is 18.4. The summed E-state index contributed by atoms with van der Waals surface area (Å²) in [5, 5.41) is 13.3. The molecule has 0 spiro atoms. The van der Waals surface area contributed by atoms with E-state index in [0.29, 0.717) is 24.2 Å². The van der Waals surface area contributed by atoms with Crippen molar-refractivity contribution in [2.75, 3.05) is 13.2 Å². The molecule has 0 radical (unpaired) electrons. The molecule has 3 fully saturated rings. The van der Waals surface area contributed by atoms with Crippen LogP contribution in [0.15, 0.2) is 18.2 Å². The van der Waals surface area contributed by atoms with Gasteiger partial charge in [0, 0.05) is 6.61 Å². The Morgan fingerprint density at radius 3 is 2.93 bits per heavy atom. The van der Waals surface area contributed by atoms with Gasteiger partial charge in [-0.15, -0.1) is 0 Å². The van der Waals surface area contributed by atoms with Crippen LogP contribution in [0.2, 0.25) is 0 Å². The lowest BCUT2D eigenvalue weighted by Gasteiger charge is -2.50. The zero-order valence-corrected chi connectivity index (χ0v) is 16.1. The molecule has 1 aromatic rings. The Labute approximate surface area is 161 Å². The molecule has 1 aliphatic heterocycles. The molecule has 5 rings (SSSR count). The topological polar surface area (TPSA) is 58.6 Å². The molecular formula is C23H31NO3. The summed E-state index contributed by atoms with van der Waals surface area (Å²) in [4.78, 5) is 12.3. The molecule has 0 aromatic heterocycles. The fourth-order valence-electron chi connectivity index (χ4n) is 6.76. The van der Waals surface area contributed by atoms with Gasteiger partial charge in [-0.3, -0.25) is 0 Å². The molecule has 1 saturated heterocycles. The van der Waals surface area contributed by atoms with Crippen molar-refractivity contribution in [1.29, 1.82) is 0 Å². The van der Waals surface area contributed by atoms with Crippen molar-refractivity contribution < 1.29 is 14.6 Å². The van der Waals surface area contributed by atoms with E-state index in [-0.39, 0.29) is 17.4 Å². The molecule has 3 aliphatic carbocycles. The van der Waals surface area contributed by atoms with Crippen LogP contribution in [-0.4, -0.2) is 30.3 Å². The number of ether oxygens (including phenoxy) is 1. The van der Waals surface area contributed by atoms with E-state index in [1.165, 1.54) is 49.7 Å². The van der Waals surface area contributed by atoms with Crippen molar-refractivity contribution in [2.45, 2.75) is 69.7 Å². The number of esters is 1. The SMILES string of the molecule is O=C(Oc1ccc2c(c1)CCC1C2CC[C@]2(CO)CCCC12)[C@H]1CCCN1. The van der Waals surface area contributed by atoms with Crippen LogP contribution in [0.5, 0.6) is 5.75 Å². The number of nitrogens with one attached hydrogen (secondary N) is 1. The fraction of sp³-hybridized carbons (Fsp3) is 0.696. The number of hydrogen-bond acceptors (Lipinski definition) is 4. The third-order valence-corrected chi connectivity index (χ3v) is 8.10. The number of aliphatic hydroxyl groups excluding tert-OH is 1. The van der Waals surface area contributed by atoms with E-state index >= 15 is 0 Å². The lowest BCUT2D eigenvalue weighted by Crippen LogP contribution is -2.43. The highest BCUT2D eigenvalue weighted by Crippen LogP contribution is 2.60. The highest BCUT2D eigenvalue weighted by molar-refractivity contribution is 5.78. The van der Waals surface area contributed by atoms with Gasteiger partial charge in [-0.05, 0) is 104 Å². The molecular weight excluding hydrogens is 338 g/mol. The lowest BCUT2D eigenvalue weighted by molar-refractivity contribution is -0.136. The number of carbonyl (C=O) groups excluding carboxylic acids is 1. The third-order valence-electron chi connectivity index (χ3n) is 8.10. The van der Waals surface area contributed by atoms with Crippen molar-refractivity contribution in [2.24, 2.45) is 17.3 Å². The Morgan fingerprint density at radius 2 is 2.11 bits per heavy atom. The number of aliphatic hydroxyl groups is 1. The molecule has 1 heterocycles. The Hall–Kier alpha value is -1.39. The first-order valence-corrected chi connectivity index (χ1v) is 10.9. The van der Waals surface area contributed by atoms with Gasteiger partial charge < -0.3 is 15.2 Å². The first kappa shape index (κ1) is 17.7. The van der Waals surface area contributed by atoms with Crippen molar-refractivity contribution in [3.63, 3.8) is 0 Å². The van der Waals surface area contributed by atoms with Crippen molar-refractivity contribution >= 4 is 5.97 Å². The Morgan fingerprint density at radius 1 is 1.19 bits per heavy atom. The van der Waals surface area contributed by atoms with Crippen LogP contribution in [0, 0.1) is 17.3 Å². The summed E-state index contributed by atoms with van der Waals surface area (Å²) < 4.78 is 5.67. The molecule has 0 amide bonds. The summed E-state index contributed by atoms with van der Waals surface area (Å²) in [5.41, 5.74) is 3.06. The number of aryl methyl sites for hydroxylation is 1. The summed E-state index contributed by atoms with van der Waals surface area (Å²) in [6.07, 6.45) is 10.4. The fourth-order valence-corrected chi connectivity index (χ4v) is 6.76. The highest BCUT2D eigenvalue weighted by Gasteiger charge is 2.52. The van der Waals surface area contributed by atoms with Crippen LogP contribution in [-0.2, 0) is 11.2 Å². The van der Waals surface area contributed by atoms with Gasteiger partial charge in [-0.25, -0.2) is 4.79 Å². The molecule has 2 N–H and O–H groups in total. The van der Waals surface area contributed by atoms with Crippen molar-refractivity contribution in [3.8, 4) is 5.75 Å². The first-order chi connectivity index (χ1) is 13.2. The van der Waals surface area contributed by atoms with Crippen LogP contribution in [0.3, 0.4) is 0 Å². The smallest absolute Gasteiger partial charge is 0.328 e. The summed E-state index contributed by atoms with van der Waals surface area (Å²) >= 11 is 0. The molecule has 146 valence electrons. The van der Waals surface area contributed by atoms with Gasteiger partial charge >= 0.3 is 5.97 Å². The largest absolute Gasteiger partial charge is 0.425 e. The molecule has 3 unspecified atom stereocenters. The van der Waals surface area contributed by atoms with Crippen LogP contribution < -0.4 is 10.1 Å². The number of benzene rings is 1. The van der Waals surface area contributed by atoms with Gasteiger partial charge in [0.2, 0.25) is 0 Å². The second kappa shape index (κ2) is 6.89. The van der Waals surface area contributed by atoms with Gasteiger partial charge in [-0.2, -0.15) is 0 Å². The number of fused-ring (bicyclic) bond motifs is 5. The Kier molecular flexibility index (Phi) is 4.52. The normalized spacial score (nSPS) is 37.4. The molecule has 1 aromatic carbocycles. The van der Waals surface area contributed by atoms with E-state index in [9.17, 15) is 9.90 Å². The number of hydrogen-bond donors (Lipinski definition) is 2. The highest BCUT2D eigenvalue weighted by atomic mass is 16.5. The Balaban J connectivity index is 1.35. The maximum atomic E-state index is 12.3. The second-order valence-corrected chi connectivity index (χ2v) is 9.30. The van der Waals surface area contributed by atoms with Crippen molar-refractivity contribution in [1.82, 2.24) is 5.32 Å². The van der Waals surface area contributed by atoms with Gasteiger partial charge in [0.05, 0.1) is 0 Å². The average Bonchev–Trinajstić information content (AvgIpc) is 3.37. The molecule has 4 heteroatoms. The third kappa shape index (κ3) is 2.92. The minimum Gasteiger partial charge on any atom is -0.425 e. The molecule has 27 heavy (non-hydrogen) atoms. The van der Waals surface area contributed by atoms with E-state index in [4.69, 9.17) is 4.74 Å². The minimum atomic E-state index is -0.141. The van der Waals surface area contributed by atoms with Gasteiger partial charge in [0.25, 0.3) is 0 Å². The van der Waals surface area contributed by atoms with Gasteiger partial charge in [0.15, 0.2) is 0 Å². The second-order valence-electron chi connectivity index (χ2n) is 9.30. The summed E-state index contributed by atoms with van der Waals surface area (Å²) in [7, 11) is 0. The molecule has 4 nitrogen and oxygen atoms in total. The summed E-state index contributed by atoms with van der Waals surface area (Å²) in [6.45, 7) is 1.28. The van der Waals surface area contributed by atoms with Crippen molar-refractivity contribution in [3.05, 3.63) is 29.3 Å². The van der Waals surface area contributed by atoms with Crippen LogP contribution in [0.1, 0.15) is 68.4 Å². The number of rotatable bonds is 3. The predicted octanol–water partition coefficient (Wildman–Crippen LogP) is 3.56. The van der Waals surface area contributed by atoms with Gasteiger partial charge in [0.1, 0.15) is 11.8 Å². The van der Waals surface area contributed by atoms with Crippen LogP contribution in [0.4, 0.5) is 0 Å². The monoisotopic (exact) mass is 369 g/mol. The van der Waals surface area contributed by atoms with E-state index in [1.54, 1.807) is 0 Å². The molecule has 2 saturated carbocycles. The Bertz CT molecular complexity index is 726. The van der Waals surface area contributed by atoms with Crippen LogP contribution >= 0.6 is 0 Å². The number of carbonyl (C=O) groups is 1. The standard InChI is InChI=1S/C23H31NO3/c25-14-23-10-1-3-20(23)19-7-5-15-13-16(6-8-17(15)18(19)9-11-23)27-22(26)21-4-2-12-24-21/h6,8,13,18-21,24-25H,1-5,7,9-12,14H2/t18?,19?,20?,21-,23+/m1/s1. The van der Waals surface area contributed by atoms with E-state index in [1.807, 2.05) is 6.07 Å². The quantitative estimate of drug-likeness (QED) is 0.632. The predicted molar refractivity (Wildman–Crippen MR) is 104 cm³/mol. The molecule has 5 atom stereocenters. The van der Waals surface area contributed by atoms with E-state index in [2.05, 4.69) is 17.4 Å². The molecule has 4 aliphatic rings. The minimum absolute atomic E-state index is 0.141. The lowest BCUT2D eigenvalue weighted by atomic mass is 9.55. The average molecular weight is 370 g/mol.